The van der Waals surface area contributed by atoms with Crippen molar-refractivity contribution in [2.45, 2.75) is 6.92 Å². The van der Waals surface area contributed by atoms with Gasteiger partial charge in [0.1, 0.15) is 11.4 Å². The molecule has 6 nitrogen and oxygen atoms in total. The number of halogens is 1. The molecule has 7 heteroatoms. The quantitative estimate of drug-likeness (QED) is 0.883. The highest BCUT2D eigenvalue weighted by Crippen LogP contribution is 2.41. The van der Waals surface area contributed by atoms with Crippen molar-refractivity contribution in [1.82, 2.24) is 9.47 Å². The molecular weight excluding hydrogens is 351 g/mol. The lowest BCUT2D eigenvalue weighted by Crippen LogP contribution is -2.39. The number of carbonyl (C=O) groups excluding carboxylic acids is 1. The maximum Gasteiger partial charge on any atom is 0.268 e. The van der Waals surface area contributed by atoms with Gasteiger partial charge in [0.15, 0.2) is 0 Å². The highest BCUT2D eigenvalue weighted by molar-refractivity contribution is 5.95. The highest BCUT2D eigenvalue weighted by atomic mass is 19.1. The highest BCUT2D eigenvalue weighted by Gasteiger charge is 2.51. The van der Waals surface area contributed by atoms with Crippen LogP contribution in [0.1, 0.15) is 15.9 Å². The third-order valence-corrected chi connectivity index (χ3v) is 5.74. The molecule has 2 aliphatic rings. The molecule has 2 fully saturated rings. The maximum atomic E-state index is 13.2. The Morgan fingerprint density at radius 1 is 1.33 bits per heavy atom. The normalized spacial score (nSPS) is 24.3. The number of likely N-dealkylation sites (tertiary alicyclic amines) is 1. The van der Waals surface area contributed by atoms with Crippen LogP contribution in [0.4, 0.5) is 4.39 Å². The van der Waals surface area contributed by atoms with E-state index in [9.17, 15) is 19.1 Å². The third-order valence-electron chi connectivity index (χ3n) is 5.74. The topological polar surface area (TPSA) is 71.8 Å². The Labute approximate surface area is 155 Å². The fraction of sp³-hybridized carbons (Fsp3) is 0.400. The molecule has 27 heavy (non-hydrogen) atoms. The molecule has 4 rings (SSSR count). The van der Waals surface area contributed by atoms with Crippen molar-refractivity contribution < 1.29 is 19.0 Å². The van der Waals surface area contributed by atoms with Crippen LogP contribution in [0.2, 0.25) is 0 Å². The molecule has 0 unspecified atom stereocenters. The Kier molecular flexibility index (Phi) is 4.36. The van der Waals surface area contributed by atoms with Crippen LogP contribution < -0.4 is 5.56 Å². The number of aromatic nitrogens is 1. The van der Waals surface area contributed by atoms with Gasteiger partial charge >= 0.3 is 0 Å². The van der Waals surface area contributed by atoms with Crippen LogP contribution in [0.5, 0.6) is 0 Å². The van der Waals surface area contributed by atoms with Gasteiger partial charge in [-0.15, -0.1) is 0 Å². The summed E-state index contributed by atoms with van der Waals surface area (Å²) in [5.41, 5.74) is 0.325. The van der Waals surface area contributed by atoms with Crippen molar-refractivity contribution in [1.29, 1.82) is 0 Å². The summed E-state index contributed by atoms with van der Waals surface area (Å²) in [6.07, 6.45) is 1.59. The molecular formula is C20H21FN2O4. The number of aliphatic hydroxyl groups excluding tert-OH is 1. The minimum atomic E-state index is -0.436. The Hall–Kier alpha value is -2.51. The number of ether oxygens (including phenoxy) is 1. The smallest absolute Gasteiger partial charge is 0.268 e. The molecule has 2 saturated heterocycles. The molecule has 1 N–H and O–H groups in total. The molecule has 0 aliphatic carbocycles. The molecule has 2 aliphatic heterocycles. The molecule has 142 valence electrons. The number of hydrogen-bond donors (Lipinski definition) is 1. The van der Waals surface area contributed by atoms with Crippen LogP contribution >= 0.6 is 0 Å². The van der Waals surface area contributed by atoms with Gasteiger partial charge in [-0.1, -0.05) is 0 Å². The first-order valence-corrected chi connectivity index (χ1v) is 8.91. The number of hydrogen-bond acceptors (Lipinski definition) is 4. The van der Waals surface area contributed by atoms with E-state index in [0.717, 1.165) is 0 Å². The lowest BCUT2D eigenvalue weighted by Gasteiger charge is -2.24. The van der Waals surface area contributed by atoms with Crippen molar-refractivity contribution in [2.75, 3.05) is 32.9 Å². The SMILES string of the molecule is Cc1ccn(-c2ccc(F)cc2)c(=O)c1C(=O)N1C[C@H]2COC[C@@]2(CO)C1. The van der Waals surface area contributed by atoms with Crippen molar-refractivity contribution >= 4 is 5.91 Å². The zero-order chi connectivity index (χ0) is 19.2. The van der Waals surface area contributed by atoms with Crippen LogP contribution in [-0.2, 0) is 4.74 Å². The van der Waals surface area contributed by atoms with Crippen LogP contribution in [0.3, 0.4) is 0 Å². The van der Waals surface area contributed by atoms with Crippen molar-refractivity contribution in [3.63, 3.8) is 0 Å². The van der Waals surface area contributed by atoms with E-state index in [1.165, 1.54) is 28.8 Å². The zero-order valence-corrected chi connectivity index (χ0v) is 15.0. The predicted octanol–water partition coefficient (Wildman–Crippen LogP) is 1.37. The fourth-order valence-electron chi connectivity index (χ4n) is 4.06. The van der Waals surface area contributed by atoms with Crippen LogP contribution in [-0.4, -0.2) is 53.4 Å². The average molecular weight is 372 g/mol. The van der Waals surface area contributed by atoms with Crippen LogP contribution in [0.25, 0.3) is 5.69 Å². The number of carbonyl (C=O) groups is 1. The summed E-state index contributed by atoms with van der Waals surface area (Å²) in [4.78, 5) is 27.8. The van der Waals surface area contributed by atoms with E-state index in [-0.39, 0.29) is 24.0 Å². The third kappa shape index (κ3) is 2.87. The molecule has 2 atom stereocenters. The molecule has 0 spiro atoms. The van der Waals surface area contributed by atoms with Crippen molar-refractivity contribution in [3.8, 4) is 5.69 Å². The molecule has 0 bridgehead atoms. The van der Waals surface area contributed by atoms with E-state index >= 15 is 0 Å². The molecule has 3 heterocycles. The monoisotopic (exact) mass is 372 g/mol. The van der Waals surface area contributed by atoms with E-state index in [2.05, 4.69) is 0 Å². The second-order valence-electron chi connectivity index (χ2n) is 7.44. The molecule has 1 aromatic carbocycles. The number of amides is 1. The van der Waals surface area contributed by atoms with Gasteiger partial charge in [0, 0.05) is 36.3 Å². The number of aryl methyl sites for hydroxylation is 1. The minimum Gasteiger partial charge on any atom is -0.396 e. The van der Waals surface area contributed by atoms with Gasteiger partial charge in [-0.3, -0.25) is 14.2 Å². The number of aliphatic hydroxyl groups is 1. The van der Waals surface area contributed by atoms with Crippen molar-refractivity contribution in [3.05, 3.63) is 63.8 Å². The zero-order valence-electron chi connectivity index (χ0n) is 15.0. The fourth-order valence-corrected chi connectivity index (χ4v) is 4.06. The molecule has 0 saturated carbocycles. The van der Waals surface area contributed by atoms with Crippen LogP contribution in [0, 0.1) is 24.1 Å². The second kappa shape index (κ2) is 6.58. The molecule has 1 amide bonds. The Bertz CT molecular complexity index is 940. The average Bonchev–Trinajstić information content (AvgIpc) is 3.20. The predicted molar refractivity (Wildman–Crippen MR) is 96.5 cm³/mol. The summed E-state index contributed by atoms with van der Waals surface area (Å²) in [5, 5.41) is 9.81. The first-order valence-electron chi connectivity index (χ1n) is 8.91. The maximum absolute atomic E-state index is 13.2. The van der Waals surface area contributed by atoms with E-state index < -0.39 is 16.8 Å². The number of benzene rings is 1. The van der Waals surface area contributed by atoms with Gasteiger partial charge in [0.05, 0.1) is 19.8 Å². The van der Waals surface area contributed by atoms with E-state index in [1.54, 1.807) is 24.1 Å². The summed E-state index contributed by atoms with van der Waals surface area (Å²) in [5.74, 6) is -0.652. The van der Waals surface area contributed by atoms with E-state index in [4.69, 9.17) is 4.74 Å². The van der Waals surface area contributed by atoms with Gasteiger partial charge in [0.25, 0.3) is 11.5 Å². The first-order chi connectivity index (χ1) is 12.9. The first kappa shape index (κ1) is 17.9. The van der Waals surface area contributed by atoms with Gasteiger partial charge in [0.2, 0.25) is 0 Å². The van der Waals surface area contributed by atoms with Crippen LogP contribution in [0.15, 0.2) is 41.3 Å². The van der Waals surface area contributed by atoms with Gasteiger partial charge in [-0.05, 0) is 42.8 Å². The lowest BCUT2D eigenvalue weighted by molar-refractivity contribution is 0.0629. The van der Waals surface area contributed by atoms with Gasteiger partial charge in [-0.25, -0.2) is 4.39 Å². The summed E-state index contributed by atoms with van der Waals surface area (Å²) < 4.78 is 20.0. The Morgan fingerprint density at radius 3 is 2.74 bits per heavy atom. The standard InChI is InChI=1S/C20H21FN2O4/c1-13-6-7-23(16-4-2-15(21)3-5-16)19(26)17(13)18(25)22-8-14-9-27-12-20(14,10-22)11-24/h2-7,14,24H,8-12H2,1H3/t14-,20-/m0/s1. The molecule has 2 aromatic rings. The number of nitrogens with zero attached hydrogens (tertiary/aromatic N) is 2. The number of fused-ring (bicyclic) bond motifs is 1. The van der Waals surface area contributed by atoms with E-state index in [1.807, 2.05) is 0 Å². The van der Waals surface area contributed by atoms with Crippen molar-refractivity contribution in [2.24, 2.45) is 11.3 Å². The van der Waals surface area contributed by atoms with Gasteiger partial charge in [-0.2, -0.15) is 0 Å². The Balaban J connectivity index is 1.70. The Morgan fingerprint density at radius 2 is 2.07 bits per heavy atom. The largest absolute Gasteiger partial charge is 0.396 e. The summed E-state index contributed by atoms with van der Waals surface area (Å²) >= 11 is 0. The minimum absolute atomic E-state index is 0.0466. The molecule has 1 aromatic heterocycles. The summed E-state index contributed by atoms with van der Waals surface area (Å²) in [7, 11) is 0. The summed E-state index contributed by atoms with van der Waals surface area (Å²) in [6, 6.07) is 7.25. The number of rotatable bonds is 3. The second-order valence-corrected chi connectivity index (χ2v) is 7.44. The van der Waals surface area contributed by atoms with Gasteiger partial charge < -0.3 is 14.7 Å². The molecule has 0 radical (unpaired) electrons. The summed E-state index contributed by atoms with van der Waals surface area (Å²) in [6.45, 7) is 3.45. The van der Waals surface area contributed by atoms with E-state index in [0.29, 0.717) is 37.6 Å². The number of pyridine rings is 1. The lowest BCUT2D eigenvalue weighted by atomic mass is 9.82.